The summed E-state index contributed by atoms with van der Waals surface area (Å²) < 4.78 is 0. The summed E-state index contributed by atoms with van der Waals surface area (Å²) in [6.07, 6.45) is 1.75. The third-order valence-electron chi connectivity index (χ3n) is 0.526. The maximum absolute atomic E-state index is 5.35. The predicted molar refractivity (Wildman–Crippen MR) is 37.8 cm³/mol. The molecule has 0 atom stereocenters. The number of halogens is 1. The van der Waals surface area contributed by atoms with Crippen molar-refractivity contribution in [2.45, 2.75) is 0 Å². The van der Waals surface area contributed by atoms with Crippen LogP contribution in [0.1, 0.15) is 0 Å². The second kappa shape index (κ2) is 4.91. The minimum Gasteiger partial charge on any atom is -0.369 e. The minimum absolute atomic E-state index is 0.602. The normalized spacial score (nSPS) is 10.4. The van der Waals surface area contributed by atoms with Gasteiger partial charge in [-0.05, 0) is 0 Å². The maximum atomic E-state index is 5.35. The largest absolute Gasteiger partial charge is 0.369 e. The fourth-order valence-corrected chi connectivity index (χ4v) is 0.367. The van der Waals surface area contributed by atoms with E-state index in [0.717, 1.165) is 0 Å². The lowest BCUT2D eigenvalue weighted by Gasteiger charge is -2.00. The van der Waals surface area contributed by atoms with E-state index >= 15 is 0 Å². The average molecular weight is 135 g/mol. The van der Waals surface area contributed by atoms with Crippen molar-refractivity contribution >= 4 is 17.9 Å². The molecule has 3 heteroatoms. The van der Waals surface area contributed by atoms with Crippen molar-refractivity contribution in [2.75, 3.05) is 26.5 Å². The van der Waals surface area contributed by atoms with Crippen LogP contribution >= 0.6 is 11.6 Å². The van der Waals surface area contributed by atoms with Crippen molar-refractivity contribution in [2.24, 2.45) is 4.99 Å². The zero-order valence-corrected chi connectivity index (χ0v) is 6.02. The Morgan fingerprint density at radius 2 is 2.25 bits per heavy atom. The number of alkyl halides is 1. The summed E-state index contributed by atoms with van der Waals surface area (Å²) in [6.45, 7) is 0.708. The zero-order chi connectivity index (χ0) is 6.41. The van der Waals surface area contributed by atoms with Crippen LogP contribution in [0.2, 0.25) is 0 Å². The van der Waals surface area contributed by atoms with E-state index in [-0.39, 0.29) is 0 Å². The van der Waals surface area contributed by atoms with Crippen molar-refractivity contribution in [3.63, 3.8) is 0 Å². The molecule has 0 unspecified atom stereocenters. The topological polar surface area (TPSA) is 15.6 Å². The number of nitrogens with zero attached hydrogens (tertiary/aromatic N) is 2. The molecular weight excluding hydrogens is 124 g/mol. The zero-order valence-electron chi connectivity index (χ0n) is 5.26. The minimum atomic E-state index is 0.602. The van der Waals surface area contributed by atoms with Gasteiger partial charge in [0.2, 0.25) is 0 Å². The Morgan fingerprint density at radius 3 is 2.62 bits per heavy atom. The van der Waals surface area contributed by atoms with Crippen LogP contribution in [0.4, 0.5) is 0 Å². The number of hydrogen-bond acceptors (Lipinski definition) is 1. The molecule has 0 fully saturated rings. The fourth-order valence-electron chi connectivity index (χ4n) is 0.270. The first-order valence-electron chi connectivity index (χ1n) is 2.49. The predicted octanol–water partition coefficient (Wildman–Crippen LogP) is 0.815. The average Bonchev–Trinajstić information content (AvgIpc) is 1.66. The van der Waals surface area contributed by atoms with Crippen LogP contribution in [0, 0.1) is 0 Å². The Balaban J connectivity index is 3.07. The van der Waals surface area contributed by atoms with Gasteiger partial charge in [-0.1, -0.05) is 0 Å². The molecule has 0 bridgehead atoms. The number of aliphatic imine (C=N–C) groups is 1. The Morgan fingerprint density at radius 1 is 1.62 bits per heavy atom. The van der Waals surface area contributed by atoms with Crippen LogP contribution in [0.15, 0.2) is 4.99 Å². The lowest BCUT2D eigenvalue weighted by Crippen LogP contribution is -2.08. The molecule has 8 heavy (non-hydrogen) atoms. The SMILES string of the molecule is CN(C)C=NCCCl. The summed E-state index contributed by atoms with van der Waals surface area (Å²) in [5.41, 5.74) is 0. The summed E-state index contributed by atoms with van der Waals surface area (Å²) in [7, 11) is 3.86. The highest BCUT2D eigenvalue weighted by Crippen LogP contribution is 1.74. The molecule has 0 aliphatic carbocycles. The van der Waals surface area contributed by atoms with Gasteiger partial charge in [0, 0.05) is 20.0 Å². The lowest BCUT2D eigenvalue weighted by atomic mass is 10.8. The molecule has 0 heterocycles. The summed E-state index contributed by atoms with van der Waals surface area (Å²) >= 11 is 5.35. The summed E-state index contributed by atoms with van der Waals surface area (Å²) in [5, 5.41) is 0. The smallest absolute Gasteiger partial charge is 0.0845 e. The van der Waals surface area contributed by atoms with Crippen molar-refractivity contribution in [1.29, 1.82) is 0 Å². The van der Waals surface area contributed by atoms with Crippen molar-refractivity contribution in [1.82, 2.24) is 4.90 Å². The molecule has 0 aromatic heterocycles. The Labute approximate surface area is 55.2 Å². The molecule has 0 aromatic rings. The van der Waals surface area contributed by atoms with Crippen LogP contribution in [-0.2, 0) is 0 Å². The Kier molecular flexibility index (Phi) is 4.76. The van der Waals surface area contributed by atoms with Crippen molar-refractivity contribution < 1.29 is 0 Å². The van der Waals surface area contributed by atoms with Gasteiger partial charge in [-0.2, -0.15) is 0 Å². The van der Waals surface area contributed by atoms with Crippen molar-refractivity contribution in [3.05, 3.63) is 0 Å². The molecule has 0 radical (unpaired) electrons. The lowest BCUT2D eigenvalue weighted by molar-refractivity contribution is 0.640. The van der Waals surface area contributed by atoms with E-state index in [4.69, 9.17) is 11.6 Å². The molecular formula is C5H11ClN2. The molecule has 48 valence electrons. The molecule has 0 rings (SSSR count). The molecule has 0 aromatic carbocycles. The number of hydrogen-bond donors (Lipinski definition) is 0. The first-order valence-corrected chi connectivity index (χ1v) is 3.03. The standard InChI is InChI=1S/C5H11ClN2/c1-8(2)5-7-4-3-6/h5H,3-4H2,1-2H3. The second-order valence-electron chi connectivity index (χ2n) is 1.67. The van der Waals surface area contributed by atoms with Crippen LogP contribution in [0.25, 0.3) is 0 Å². The first kappa shape index (κ1) is 7.76. The third kappa shape index (κ3) is 5.76. The Hall–Kier alpha value is -0.240. The highest BCUT2D eigenvalue weighted by atomic mass is 35.5. The molecule has 0 aliphatic rings. The van der Waals surface area contributed by atoms with Gasteiger partial charge in [-0.15, -0.1) is 11.6 Å². The van der Waals surface area contributed by atoms with E-state index in [1.165, 1.54) is 0 Å². The van der Waals surface area contributed by atoms with E-state index < -0.39 is 0 Å². The van der Waals surface area contributed by atoms with Crippen LogP contribution in [0.3, 0.4) is 0 Å². The fraction of sp³-hybridized carbons (Fsp3) is 0.800. The van der Waals surface area contributed by atoms with Gasteiger partial charge in [0.05, 0.1) is 12.9 Å². The monoisotopic (exact) mass is 134 g/mol. The highest BCUT2D eigenvalue weighted by molar-refractivity contribution is 6.18. The summed E-state index contributed by atoms with van der Waals surface area (Å²) in [5.74, 6) is 0.602. The van der Waals surface area contributed by atoms with Gasteiger partial charge in [0.25, 0.3) is 0 Å². The maximum Gasteiger partial charge on any atom is 0.0845 e. The van der Waals surface area contributed by atoms with Gasteiger partial charge in [-0.25, -0.2) is 0 Å². The van der Waals surface area contributed by atoms with E-state index in [1.54, 1.807) is 6.34 Å². The summed E-state index contributed by atoms with van der Waals surface area (Å²) in [4.78, 5) is 5.84. The van der Waals surface area contributed by atoms with Gasteiger partial charge in [0.1, 0.15) is 0 Å². The highest BCUT2D eigenvalue weighted by Gasteiger charge is 1.75. The van der Waals surface area contributed by atoms with Gasteiger partial charge >= 0.3 is 0 Å². The van der Waals surface area contributed by atoms with E-state index in [1.807, 2.05) is 19.0 Å². The molecule has 0 spiro atoms. The van der Waals surface area contributed by atoms with Crippen LogP contribution in [0.5, 0.6) is 0 Å². The molecule has 0 saturated carbocycles. The van der Waals surface area contributed by atoms with E-state index in [2.05, 4.69) is 4.99 Å². The van der Waals surface area contributed by atoms with Crippen molar-refractivity contribution in [3.8, 4) is 0 Å². The quantitative estimate of drug-likeness (QED) is 0.317. The molecule has 0 aliphatic heterocycles. The first-order chi connectivity index (χ1) is 3.77. The van der Waals surface area contributed by atoms with Gasteiger partial charge < -0.3 is 4.90 Å². The van der Waals surface area contributed by atoms with Gasteiger partial charge in [-0.3, -0.25) is 4.99 Å². The summed E-state index contributed by atoms with van der Waals surface area (Å²) in [6, 6.07) is 0. The molecule has 0 amide bonds. The van der Waals surface area contributed by atoms with Crippen LogP contribution in [-0.4, -0.2) is 37.8 Å². The number of rotatable bonds is 3. The van der Waals surface area contributed by atoms with Gasteiger partial charge in [0.15, 0.2) is 0 Å². The van der Waals surface area contributed by atoms with E-state index in [0.29, 0.717) is 12.4 Å². The molecule has 0 saturated heterocycles. The molecule has 2 nitrogen and oxygen atoms in total. The van der Waals surface area contributed by atoms with E-state index in [9.17, 15) is 0 Å². The third-order valence-corrected chi connectivity index (χ3v) is 0.695. The second-order valence-corrected chi connectivity index (χ2v) is 2.05. The molecule has 0 N–H and O–H groups in total. The van der Waals surface area contributed by atoms with Crippen LogP contribution < -0.4 is 0 Å². The Bertz CT molecular complexity index is 70.8.